The van der Waals surface area contributed by atoms with Crippen LogP contribution < -0.4 is 10.6 Å². The molecule has 33 heavy (non-hydrogen) atoms. The standard InChI is InChI=1S/C26H26N4O3/c1-26(2,3)22-16-23(30(29-22)19-13-11-17(12-14-19)15-24(31)32)28-25(33)27-21-10-6-8-18-7-4-5-9-20(18)21/h4-14,16H,15H2,1-3H3,(H,31,32)(H2,27,28,33). The van der Waals surface area contributed by atoms with Gasteiger partial charge in [0.15, 0.2) is 0 Å². The van der Waals surface area contributed by atoms with Crippen molar-refractivity contribution in [2.24, 2.45) is 0 Å². The van der Waals surface area contributed by atoms with E-state index in [9.17, 15) is 9.59 Å². The molecule has 1 heterocycles. The largest absolute Gasteiger partial charge is 0.481 e. The second-order valence-electron chi connectivity index (χ2n) is 8.92. The van der Waals surface area contributed by atoms with Crippen molar-refractivity contribution in [1.29, 1.82) is 0 Å². The van der Waals surface area contributed by atoms with Gasteiger partial charge in [0.25, 0.3) is 0 Å². The maximum Gasteiger partial charge on any atom is 0.324 e. The van der Waals surface area contributed by atoms with Gasteiger partial charge in [-0.15, -0.1) is 0 Å². The van der Waals surface area contributed by atoms with Gasteiger partial charge < -0.3 is 10.4 Å². The molecule has 0 fully saturated rings. The van der Waals surface area contributed by atoms with Gasteiger partial charge in [-0.2, -0.15) is 5.10 Å². The maximum atomic E-state index is 12.9. The number of hydrogen-bond donors (Lipinski definition) is 3. The predicted octanol–water partition coefficient (Wildman–Crippen LogP) is 5.59. The van der Waals surface area contributed by atoms with Crippen molar-refractivity contribution in [3.63, 3.8) is 0 Å². The molecule has 3 aromatic carbocycles. The molecule has 0 aliphatic heterocycles. The Morgan fingerprint density at radius 3 is 2.33 bits per heavy atom. The van der Waals surface area contributed by atoms with E-state index in [4.69, 9.17) is 10.2 Å². The molecule has 0 radical (unpaired) electrons. The Bertz CT molecular complexity index is 1310. The van der Waals surface area contributed by atoms with Gasteiger partial charge in [-0.25, -0.2) is 9.48 Å². The highest BCUT2D eigenvalue weighted by Crippen LogP contribution is 2.27. The number of carbonyl (C=O) groups is 2. The van der Waals surface area contributed by atoms with E-state index in [1.807, 2.05) is 48.5 Å². The van der Waals surface area contributed by atoms with Gasteiger partial charge in [0, 0.05) is 16.9 Å². The Morgan fingerprint density at radius 2 is 1.64 bits per heavy atom. The molecule has 168 valence electrons. The van der Waals surface area contributed by atoms with E-state index in [0.717, 1.165) is 22.2 Å². The average molecular weight is 443 g/mol. The third kappa shape index (κ3) is 5.03. The molecule has 1 aromatic heterocycles. The Balaban J connectivity index is 1.63. The van der Waals surface area contributed by atoms with E-state index in [-0.39, 0.29) is 17.9 Å². The molecule has 7 nitrogen and oxygen atoms in total. The van der Waals surface area contributed by atoms with Crippen LogP contribution in [0.2, 0.25) is 0 Å². The van der Waals surface area contributed by atoms with Gasteiger partial charge in [-0.1, -0.05) is 69.3 Å². The first-order chi connectivity index (χ1) is 15.7. The first kappa shape index (κ1) is 22.1. The molecule has 7 heteroatoms. The number of amides is 2. The first-order valence-electron chi connectivity index (χ1n) is 10.7. The Kier molecular flexibility index (Phi) is 5.87. The molecule has 3 N–H and O–H groups in total. The summed E-state index contributed by atoms with van der Waals surface area (Å²) < 4.78 is 1.66. The topological polar surface area (TPSA) is 96.2 Å². The molecule has 0 aliphatic rings. The fourth-order valence-electron chi connectivity index (χ4n) is 3.57. The number of anilines is 2. The second-order valence-corrected chi connectivity index (χ2v) is 8.92. The number of benzene rings is 3. The van der Waals surface area contributed by atoms with Crippen LogP contribution in [-0.4, -0.2) is 26.9 Å². The van der Waals surface area contributed by atoms with Crippen molar-refractivity contribution in [1.82, 2.24) is 9.78 Å². The monoisotopic (exact) mass is 442 g/mol. The summed E-state index contributed by atoms with van der Waals surface area (Å²) in [4.78, 5) is 23.9. The molecule has 0 spiro atoms. The highest BCUT2D eigenvalue weighted by Gasteiger charge is 2.21. The first-order valence-corrected chi connectivity index (χ1v) is 10.7. The number of carbonyl (C=O) groups excluding carboxylic acids is 1. The number of hydrogen-bond acceptors (Lipinski definition) is 3. The molecule has 0 unspecified atom stereocenters. The van der Waals surface area contributed by atoms with E-state index in [0.29, 0.717) is 17.1 Å². The fraction of sp³-hybridized carbons (Fsp3) is 0.192. The lowest BCUT2D eigenvalue weighted by Gasteiger charge is -2.14. The molecule has 0 saturated carbocycles. The molecule has 0 aliphatic carbocycles. The summed E-state index contributed by atoms with van der Waals surface area (Å²) in [5.41, 5.74) is 2.72. The number of rotatable bonds is 5. The number of aliphatic carboxylic acids is 1. The van der Waals surface area contributed by atoms with Gasteiger partial charge in [0.2, 0.25) is 0 Å². The quantitative estimate of drug-likeness (QED) is 0.375. The number of fused-ring (bicyclic) bond motifs is 1. The van der Waals surface area contributed by atoms with Crippen LogP contribution in [0.15, 0.2) is 72.8 Å². The Labute approximate surface area is 192 Å². The van der Waals surface area contributed by atoms with Crippen molar-refractivity contribution in [3.05, 3.63) is 84.1 Å². The maximum absolute atomic E-state index is 12.9. The van der Waals surface area contributed by atoms with Crippen LogP contribution in [0.5, 0.6) is 0 Å². The summed E-state index contributed by atoms with van der Waals surface area (Å²) in [5.74, 6) is -0.368. The molecule has 4 aromatic rings. The predicted molar refractivity (Wildman–Crippen MR) is 130 cm³/mol. The number of aromatic nitrogens is 2. The summed E-state index contributed by atoms with van der Waals surface area (Å²) in [5, 5.41) is 21.6. The van der Waals surface area contributed by atoms with E-state index >= 15 is 0 Å². The third-order valence-corrected chi connectivity index (χ3v) is 5.29. The summed E-state index contributed by atoms with van der Waals surface area (Å²) >= 11 is 0. The van der Waals surface area contributed by atoms with Gasteiger partial charge in [0.1, 0.15) is 5.82 Å². The molecule has 4 rings (SSSR count). The van der Waals surface area contributed by atoms with Crippen LogP contribution in [0.1, 0.15) is 32.0 Å². The molecular weight excluding hydrogens is 416 g/mol. The van der Waals surface area contributed by atoms with Crippen LogP contribution in [0.3, 0.4) is 0 Å². The summed E-state index contributed by atoms with van der Waals surface area (Å²) in [7, 11) is 0. The highest BCUT2D eigenvalue weighted by molar-refractivity contribution is 6.06. The zero-order valence-corrected chi connectivity index (χ0v) is 18.8. The van der Waals surface area contributed by atoms with Gasteiger partial charge in [-0.05, 0) is 29.1 Å². The normalized spacial score (nSPS) is 11.4. The van der Waals surface area contributed by atoms with E-state index in [1.54, 1.807) is 28.9 Å². The van der Waals surface area contributed by atoms with Crippen LogP contribution in [0, 0.1) is 0 Å². The van der Waals surface area contributed by atoms with E-state index in [2.05, 4.69) is 31.4 Å². The van der Waals surface area contributed by atoms with Crippen LogP contribution in [-0.2, 0) is 16.6 Å². The number of nitrogens with zero attached hydrogens (tertiary/aromatic N) is 2. The Hall–Kier alpha value is -4.13. The molecule has 2 amide bonds. The zero-order valence-electron chi connectivity index (χ0n) is 18.8. The lowest BCUT2D eigenvalue weighted by molar-refractivity contribution is -0.136. The summed E-state index contributed by atoms with van der Waals surface area (Å²) in [6, 6.07) is 22.2. The van der Waals surface area contributed by atoms with Gasteiger partial charge >= 0.3 is 12.0 Å². The minimum atomic E-state index is -0.885. The minimum absolute atomic E-state index is 0.0504. The number of nitrogens with one attached hydrogen (secondary N) is 2. The molecule has 0 atom stereocenters. The smallest absolute Gasteiger partial charge is 0.324 e. The minimum Gasteiger partial charge on any atom is -0.481 e. The number of carboxylic acids is 1. The van der Waals surface area contributed by atoms with Crippen LogP contribution >= 0.6 is 0 Å². The van der Waals surface area contributed by atoms with Gasteiger partial charge in [0.05, 0.1) is 23.5 Å². The number of urea groups is 1. The Morgan fingerprint density at radius 1 is 0.939 bits per heavy atom. The zero-order chi connectivity index (χ0) is 23.6. The van der Waals surface area contributed by atoms with Crippen LogP contribution in [0.4, 0.5) is 16.3 Å². The summed E-state index contributed by atoms with van der Waals surface area (Å²) in [6.45, 7) is 6.15. The fourth-order valence-corrected chi connectivity index (χ4v) is 3.57. The van der Waals surface area contributed by atoms with Crippen molar-refractivity contribution in [2.45, 2.75) is 32.6 Å². The molecular formula is C26H26N4O3. The van der Waals surface area contributed by atoms with Crippen molar-refractivity contribution in [2.75, 3.05) is 10.6 Å². The van der Waals surface area contributed by atoms with Crippen molar-refractivity contribution >= 4 is 34.3 Å². The highest BCUT2D eigenvalue weighted by atomic mass is 16.4. The second kappa shape index (κ2) is 8.78. The van der Waals surface area contributed by atoms with Crippen LogP contribution in [0.25, 0.3) is 16.5 Å². The summed E-state index contributed by atoms with van der Waals surface area (Å²) in [6.07, 6.45) is -0.0504. The van der Waals surface area contributed by atoms with E-state index < -0.39 is 5.97 Å². The van der Waals surface area contributed by atoms with E-state index in [1.165, 1.54) is 0 Å². The lowest BCUT2D eigenvalue weighted by Crippen LogP contribution is -2.21. The average Bonchev–Trinajstić information content (AvgIpc) is 3.18. The van der Waals surface area contributed by atoms with Gasteiger partial charge in [-0.3, -0.25) is 10.1 Å². The third-order valence-electron chi connectivity index (χ3n) is 5.29. The van der Waals surface area contributed by atoms with Crippen molar-refractivity contribution < 1.29 is 14.7 Å². The lowest BCUT2D eigenvalue weighted by atomic mass is 9.92. The number of carboxylic acid groups (broad SMARTS) is 1. The molecule has 0 saturated heterocycles. The SMILES string of the molecule is CC(C)(C)c1cc(NC(=O)Nc2cccc3ccccc23)n(-c2ccc(CC(=O)O)cc2)n1. The van der Waals surface area contributed by atoms with Crippen molar-refractivity contribution in [3.8, 4) is 5.69 Å². The molecule has 0 bridgehead atoms.